The summed E-state index contributed by atoms with van der Waals surface area (Å²) < 4.78 is 37.9. The molecule has 0 aliphatic carbocycles. The van der Waals surface area contributed by atoms with Gasteiger partial charge in [-0.3, -0.25) is 0 Å². The van der Waals surface area contributed by atoms with Crippen molar-refractivity contribution in [2.45, 2.75) is 6.18 Å². The molecule has 1 aromatic carbocycles. The molecule has 3 nitrogen and oxygen atoms in total. The average molecular weight is 249 g/mol. The first-order valence-electron chi connectivity index (χ1n) is 4.15. The lowest BCUT2D eigenvalue weighted by Gasteiger charge is -2.09. The summed E-state index contributed by atoms with van der Waals surface area (Å²) in [5.74, 6) is 0. The number of H-pyrrole nitrogens is 1. The van der Waals surface area contributed by atoms with Crippen LogP contribution in [0.4, 0.5) is 13.2 Å². The van der Waals surface area contributed by atoms with E-state index in [1.165, 1.54) is 18.2 Å². The first kappa shape index (κ1) is 10.9. The first-order valence-corrected chi connectivity index (χ1v) is 4.53. The van der Waals surface area contributed by atoms with Gasteiger partial charge < -0.3 is 4.98 Å². The van der Waals surface area contributed by atoms with Crippen LogP contribution in [0.3, 0.4) is 0 Å². The molecular weight excluding hydrogens is 245 g/mol. The van der Waals surface area contributed by atoms with Gasteiger partial charge in [-0.2, -0.15) is 18.2 Å². The Morgan fingerprint density at radius 3 is 2.62 bits per heavy atom. The standard InChI is InChI=1S/C9H4ClF3N2O/c10-4-2-1-3-5-6(4)7(9(11,12)13)15-8(16)14-5/h1-3H,(H,14,15,16). The van der Waals surface area contributed by atoms with E-state index in [9.17, 15) is 18.0 Å². The number of aromatic nitrogens is 2. The summed E-state index contributed by atoms with van der Waals surface area (Å²) in [4.78, 5) is 16.0. The molecule has 0 aliphatic heterocycles. The van der Waals surface area contributed by atoms with Crippen molar-refractivity contribution in [3.8, 4) is 0 Å². The lowest BCUT2D eigenvalue weighted by Crippen LogP contribution is -2.19. The van der Waals surface area contributed by atoms with Gasteiger partial charge in [0.25, 0.3) is 0 Å². The highest BCUT2D eigenvalue weighted by atomic mass is 35.5. The summed E-state index contributed by atoms with van der Waals surface area (Å²) in [6.07, 6.45) is -4.68. The van der Waals surface area contributed by atoms with Gasteiger partial charge in [0.15, 0.2) is 0 Å². The number of aromatic amines is 1. The Morgan fingerprint density at radius 1 is 1.31 bits per heavy atom. The minimum Gasteiger partial charge on any atom is -0.301 e. The Hall–Kier alpha value is -1.56. The molecule has 16 heavy (non-hydrogen) atoms. The van der Waals surface area contributed by atoms with Crippen LogP contribution in [0.25, 0.3) is 10.9 Å². The highest BCUT2D eigenvalue weighted by molar-refractivity contribution is 6.35. The average Bonchev–Trinajstić information content (AvgIpc) is 2.15. The minimum absolute atomic E-state index is 0.0800. The topological polar surface area (TPSA) is 45.8 Å². The molecule has 1 N–H and O–H groups in total. The number of hydrogen-bond donors (Lipinski definition) is 1. The third kappa shape index (κ3) is 1.76. The predicted molar refractivity (Wildman–Crippen MR) is 52.4 cm³/mol. The number of nitrogens with zero attached hydrogens (tertiary/aromatic N) is 1. The number of hydrogen-bond acceptors (Lipinski definition) is 2. The van der Waals surface area contributed by atoms with Gasteiger partial charge in [0.1, 0.15) is 5.69 Å². The molecule has 0 aliphatic rings. The quantitative estimate of drug-likeness (QED) is 0.779. The van der Waals surface area contributed by atoms with Gasteiger partial charge in [0.2, 0.25) is 0 Å². The molecule has 0 saturated carbocycles. The second kappa shape index (κ2) is 3.48. The Bertz CT molecular complexity index is 606. The fourth-order valence-electron chi connectivity index (χ4n) is 1.37. The van der Waals surface area contributed by atoms with Crippen molar-refractivity contribution in [3.63, 3.8) is 0 Å². The third-order valence-electron chi connectivity index (χ3n) is 1.98. The van der Waals surface area contributed by atoms with Crippen LogP contribution in [0.1, 0.15) is 5.69 Å². The lowest BCUT2D eigenvalue weighted by atomic mass is 10.2. The number of rotatable bonds is 0. The van der Waals surface area contributed by atoms with Crippen LogP contribution in [0.2, 0.25) is 5.02 Å². The van der Waals surface area contributed by atoms with E-state index < -0.39 is 17.6 Å². The van der Waals surface area contributed by atoms with Gasteiger partial charge in [-0.25, -0.2) is 4.79 Å². The molecular formula is C9H4ClF3N2O. The van der Waals surface area contributed by atoms with E-state index in [2.05, 4.69) is 4.98 Å². The largest absolute Gasteiger partial charge is 0.432 e. The normalized spacial score (nSPS) is 12.0. The van der Waals surface area contributed by atoms with Crippen molar-refractivity contribution in [2.75, 3.05) is 0 Å². The van der Waals surface area contributed by atoms with Crippen molar-refractivity contribution < 1.29 is 13.2 Å². The second-order valence-corrected chi connectivity index (χ2v) is 3.46. The van der Waals surface area contributed by atoms with E-state index in [-0.39, 0.29) is 15.9 Å². The molecule has 84 valence electrons. The smallest absolute Gasteiger partial charge is 0.301 e. The van der Waals surface area contributed by atoms with Crippen LogP contribution < -0.4 is 5.69 Å². The van der Waals surface area contributed by atoms with Crippen LogP contribution in [-0.2, 0) is 6.18 Å². The Kier molecular flexibility index (Phi) is 2.38. The molecule has 7 heteroatoms. The Labute approximate surface area is 91.9 Å². The Morgan fingerprint density at radius 2 is 2.00 bits per heavy atom. The van der Waals surface area contributed by atoms with Crippen LogP contribution >= 0.6 is 11.6 Å². The SMILES string of the molecule is O=c1nc2cccc(Cl)c2c(C(F)(F)F)[nH]1. The monoisotopic (exact) mass is 248 g/mol. The van der Waals surface area contributed by atoms with E-state index in [4.69, 9.17) is 11.6 Å². The van der Waals surface area contributed by atoms with Crippen LogP contribution in [-0.4, -0.2) is 9.97 Å². The maximum Gasteiger partial charge on any atom is 0.432 e. The number of benzene rings is 1. The predicted octanol–water partition coefficient (Wildman–Crippen LogP) is 2.60. The number of halogens is 4. The molecule has 0 atom stereocenters. The summed E-state index contributed by atoms with van der Waals surface area (Å²) >= 11 is 5.66. The van der Waals surface area contributed by atoms with E-state index >= 15 is 0 Å². The molecule has 1 heterocycles. The summed E-state index contributed by atoms with van der Waals surface area (Å²) in [7, 11) is 0. The van der Waals surface area contributed by atoms with Gasteiger partial charge in [0, 0.05) is 5.39 Å². The molecule has 0 saturated heterocycles. The van der Waals surface area contributed by atoms with Gasteiger partial charge >= 0.3 is 11.9 Å². The maximum atomic E-state index is 12.6. The number of fused-ring (bicyclic) bond motifs is 1. The van der Waals surface area contributed by atoms with Gasteiger partial charge in [-0.05, 0) is 12.1 Å². The van der Waals surface area contributed by atoms with Gasteiger partial charge in [0.05, 0.1) is 10.5 Å². The minimum atomic E-state index is -4.68. The maximum absolute atomic E-state index is 12.6. The summed E-state index contributed by atoms with van der Waals surface area (Å²) in [6.45, 7) is 0. The van der Waals surface area contributed by atoms with Crippen LogP contribution in [0, 0.1) is 0 Å². The first-order chi connectivity index (χ1) is 7.39. The van der Waals surface area contributed by atoms with E-state index in [1.807, 2.05) is 0 Å². The third-order valence-corrected chi connectivity index (χ3v) is 2.29. The highest BCUT2D eigenvalue weighted by Gasteiger charge is 2.35. The molecule has 0 bridgehead atoms. The fourth-order valence-corrected chi connectivity index (χ4v) is 1.64. The van der Waals surface area contributed by atoms with Crippen molar-refractivity contribution in [3.05, 3.63) is 39.4 Å². The van der Waals surface area contributed by atoms with Crippen molar-refractivity contribution in [1.29, 1.82) is 0 Å². The summed E-state index contributed by atoms with van der Waals surface area (Å²) in [6, 6.07) is 4.03. The fraction of sp³-hybridized carbons (Fsp3) is 0.111. The molecule has 0 amide bonds. The zero-order valence-electron chi connectivity index (χ0n) is 7.60. The lowest BCUT2D eigenvalue weighted by molar-refractivity contribution is -0.140. The molecule has 0 radical (unpaired) electrons. The molecule has 0 fully saturated rings. The number of alkyl halides is 3. The van der Waals surface area contributed by atoms with Gasteiger partial charge in [-0.1, -0.05) is 17.7 Å². The molecule has 2 rings (SSSR count). The van der Waals surface area contributed by atoms with Crippen molar-refractivity contribution >= 4 is 22.5 Å². The van der Waals surface area contributed by atoms with E-state index in [0.717, 1.165) is 0 Å². The van der Waals surface area contributed by atoms with Crippen LogP contribution in [0.5, 0.6) is 0 Å². The molecule has 0 spiro atoms. The zero-order chi connectivity index (χ0) is 11.9. The molecule has 1 aromatic heterocycles. The molecule has 2 aromatic rings. The van der Waals surface area contributed by atoms with Crippen LogP contribution in [0.15, 0.2) is 23.0 Å². The van der Waals surface area contributed by atoms with Gasteiger partial charge in [-0.15, -0.1) is 0 Å². The second-order valence-electron chi connectivity index (χ2n) is 3.05. The number of nitrogens with one attached hydrogen (secondary N) is 1. The van der Waals surface area contributed by atoms with E-state index in [0.29, 0.717) is 0 Å². The van der Waals surface area contributed by atoms with Crippen molar-refractivity contribution in [1.82, 2.24) is 9.97 Å². The van der Waals surface area contributed by atoms with Crippen molar-refractivity contribution in [2.24, 2.45) is 0 Å². The Balaban J connectivity index is 2.97. The highest BCUT2D eigenvalue weighted by Crippen LogP contribution is 2.34. The zero-order valence-corrected chi connectivity index (χ0v) is 8.36. The van der Waals surface area contributed by atoms with E-state index in [1.54, 1.807) is 4.98 Å². The summed E-state index contributed by atoms with van der Waals surface area (Å²) in [5.41, 5.74) is -2.31. The summed E-state index contributed by atoms with van der Waals surface area (Å²) in [5, 5.41) is -0.398. The molecule has 0 unspecified atom stereocenters.